The fourth-order valence-electron chi connectivity index (χ4n) is 2.79. The number of carboxylic acids is 1. The molecule has 0 amide bonds. The lowest BCUT2D eigenvalue weighted by Crippen LogP contribution is -2.43. The van der Waals surface area contributed by atoms with Crippen LogP contribution in [0.25, 0.3) is 0 Å². The first-order valence-corrected chi connectivity index (χ1v) is 7.38. The smallest absolute Gasteiger partial charge is 0.335 e. The van der Waals surface area contributed by atoms with E-state index in [1.807, 2.05) is 30.3 Å². The normalized spacial score (nSPS) is 20.0. The summed E-state index contributed by atoms with van der Waals surface area (Å²) in [6.07, 6.45) is 0.900. The van der Waals surface area contributed by atoms with E-state index in [4.69, 9.17) is 9.84 Å². The molecule has 1 heterocycles. The minimum Gasteiger partial charge on any atom is -0.493 e. The number of benzene rings is 2. The molecule has 2 N–H and O–H groups in total. The molecule has 4 heteroatoms. The van der Waals surface area contributed by atoms with Gasteiger partial charge >= 0.3 is 5.97 Å². The molecule has 3 rings (SSSR count). The fraction of sp³-hybridized carbons (Fsp3) is 0.278. The number of ether oxygens (including phenoxy) is 1. The quantitative estimate of drug-likeness (QED) is 0.910. The van der Waals surface area contributed by atoms with Crippen LogP contribution in [0.2, 0.25) is 0 Å². The minimum atomic E-state index is -0.898. The minimum absolute atomic E-state index is 0.139. The van der Waals surface area contributed by atoms with Crippen molar-refractivity contribution in [1.82, 2.24) is 5.32 Å². The summed E-state index contributed by atoms with van der Waals surface area (Å²) >= 11 is 0. The van der Waals surface area contributed by atoms with E-state index in [-0.39, 0.29) is 5.54 Å². The van der Waals surface area contributed by atoms with E-state index >= 15 is 0 Å². The van der Waals surface area contributed by atoms with Crippen LogP contribution in [0.15, 0.2) is 48.5 Å². The maximum Gasteiger partial charge on any atom is 0.335 e. The number of rotatable bonds is 4. The zero-order valence-electron chi connectivity index (χ0n) is 12.5. The van der Waals surface area contributed by atoms with Gasteiger partial charge in [-0.3, -0.25) is 0 Å². The second-order valence-electron chi connectivity index (χ2n) is 5.78. The summed E-state index contributed by atoms with van der Waals surface area (Å²) in [6.45, 7) is 3.56. The van der Waals surface area contributed by atoms with Crippen molar-refractivity contribution in [2.75, 3.05) is 6.61 Å². The molecule has 1 aliphatic heterocycles. The third kappa shape index (κ3) is 2.83. The summed E-state index contributed by atoms with van der Waals surface area (Å²) < 4.78 is 5.71. The molecule has 2 aromatic carbocycles. The highest BCUT2D eigenvalue weighted by Crippen LogP contribution is 2.36. The van der Waals surface area contributed by atoms with Gasteiger partial charge in [0.25, 0.3) is 0 Å². The Morgan fingerprint density at radius 3 is 2.68 bits per heavy atom. The van der Waals surface area contributed by atoms with Crippen LogP contribution in [-0.4, -0.2) is 17.7 Å². The molecule has 0 aromatic heterocycles. The van der Waals surface area contributed by atoms with Crippen molar-refractivity contribution >= 4 is 5.97 Å². The molecule has 1 aliphatic rings. The van der Waals surface area contributed by atoms with Crippen LogP contribution >= 0.6 is 0 Å². The van der Waals surface area contributed by atoms with Crippen molar-refractivity contribution in [3.8, 4) is 5.75 Å². The highest BCUT2D eigenvalue weighted by molar-refractivity contribution is 5.87. The van der Waals surface area contributed by atoms with E-state index in [9.17, 15) is 4.79 Å². The first-order valence-electron chi connectivity index (χ1n) is 7.38. The summed E-state index contributed by atoms with van der Waals surface area (Å²) in [5.74, 6) is 0.0369. The molecule has 0 bridgehead atoms. The molecular formula is C18H19NO3. The summed E-state index contributed by atoms with van der Waals surface area (Å²) in [4.78, 5) is 10.9. The Morgan fingerprint density at radius 2 is 1.95 bits per heavy atom. The van der Waals surface area contributed by atoms with Gasteiger partial charge in [0.05, 0.1) is 12.2 Å². The number of carbonyl (C=O) groups is 1. The van der Waals surface area contributed by atoms with Crippen molar-refractivity contribution in [2.24, 2.45) is 0 Å². The standard InChI is InChI=1S/C18H19NO3/c1-18(10-11-22-16-5-3-2-4-15(16)18)19-12-13-6-8-14(9-7-13)17(20)21/h2-9,19H,10-12H2,1H3,(H,20,21). The lowest BCUT2D eigenvalue weighted by atomic mass is 9.86. The first-order chi connectivity index (χ1) is 10.6. The second kappa shape index (κ2) is 5.81. The van der Waals surface area contributed by atoms with Gasteiger partial charge in [0, 0.05) is 24.1 Å². The highest BCUT2D eigenvalue weighted by atomic mass is 16.5. The molecule has 22 heavy (non-hydrogen) atoms. The Kier molecular flexibility index (Phi) is 3.86. The molecule has 0 aliphatic carbocycles. The summed E-state index contributed by atoms with van der Waals surface area (Å²) in [6, 6.07) is 15.1. The predicted molar refractivity (Wildman–Crippen MR) is 84.1 cm³/mol. The van der Waals surface area contributed by atoms with Gasteiger partial charge in [-0.15, -0.1) is 0 Å². The Labute approximate surface area is 129 Å². The van der Waals surface area contributed by atoms with Crippen molar-refractivity contribution in [3.05, 3.63) is 65.2 Å². The number of hydrogen-bond donors (Lipinski definition) is 2. The summed E-state index contributed by atoms with van der Waals surface area (Å²) in [7, 11) is 0. The Morgan fingerprint density at radius 1 is 1.23 bits per heavy atom. The van der Waals surface area contributed by atoms with Crippen LogP contribution in [0.4, 0.5) is 0 Å². The van der Waals surface area contributed by atoms with Crippen LogP contribution in [0.1, 0.15) is 34.8 Å². The Hall–Kier alpha value is -2.33. The third-order valence-corrected chi connectivity index (χ3v) is 4.22. The highest BCUT2D eigenvalue weighted by Gasteiger charge is 2.32. The number of hydrogen-bond acceptors (Lipinski definition) is 3. The maximum absolute atomic E-state index is 10.9. The van der Waals surface area contributed by atoms with E-state index in [2.05, 4.69) is 18.3 Å². The number of para-hydroxylation sites is 1. The van der Waals surface area contributed by atoms with Gasteiger partial charge in [-0.1, -0.05) is 30.3 Å². The molecule has 2 aromatic rings. The predicted octanol–water partition coefficient (Wildman–Crippen LogP) is 3.17. The third-order valence-electron chi connectivity index (χ3n) is 4.22. The van der Waals surface area contributed by atoms with Gasteiger partial charge in [-0.05, 0) is 30.7 Å². The number of aromatic carboxylic acids is 1. The van der Waals surface area contributed by atoms with E-state index in [0.29, 0.717) is 18.7 Å². The lowest BCUT2D eigenvalue weighted by molar-refractivity contribution is 0.0697. The molecule has 0 fully saturated rings. The zero-order chi connectivity index (χ0) is 15.6. The fourth-order valence-corrected chi connectivity index (χ4v) is 2.79. The topological polar surface area (TPSA) is 58.6 Å². The average molecular weight is 297 g/mol. The molecular weight excluding hydrogens is 278 g/mol. The van der Waals surface area contributed by atoms with Crippen molar-refractivity contribution < 1.29 is 14.6 Å². The summed E-state index contributed by atoms with van der Waals surface area (Å²) in [5, 5.41) is 12.5. The molecule has 1 atom stereocenters. The zero-order valence-corrected chi connectivity index (χ0v) is 12.5. The van der Waals surface area contributed by atoms with E-state index in [1.54, 1.807) is 12.1 Å². The van der Waals surface area contributed by atoms with Gasteiger partial charge in [0.1, 0.15) is 5.75 Å². The van der Waals surface area contributed by atoms with Crippen LogP contribution in [0.5, 0.6) is 5.75 Å². The van der Waals surface area contributed by atoms with Gasteiger partial charge in [-0.25, -0.2) is 4.79 Å². The molecule has 0 spiro atoms. The first kappa shape index (κ1) is 14.6. The van der Waals surface area contributed by atoms with Crippen LogP contribution in [0.3, 0.4) is 0 Å². The van der Waals surface area contributed by atoms with Crippen molar-refractivity contribution in [2.45, 2.75) is 25.4 Å². The van der Waals surface area contributed by atoms with Crippen LogP contribution in [0, 0.1) is 0 Å². The maximum atomic E-state index is 10.9. The lowest BCUT2D eigenvalue weighted by Gasteiger charge is -2.36. The van der Waals surface area contributed by atoms with Crippen LogP contribution < -0.4 is 10.1 Å². The molecule has 114 valence electrons. The largest absolute Gasteiger partial charge is 0.493 e. The monoisotopic (exact) mass is 297 g/mol. The summed E-state index contributed by atoms with van der Waals surface area (Å²) in [5.41, 5.74) is 2.41. The van der Waals surface area contributed by atoms with E-state index < -0.39 is 5.97 Å². The number of nitrogens with one attached hydrogen (secondary N) is 1. The van der Waals surface area contributed by atoms with E-state index in [1.165, 1.54) is 5.56 Å². The number of carboxylic acid groups (broad SMARTS) is 1. The average Bonchev–Trinajstić information content (AvgIpc) is 2.54. The molecule has 0 saturated heterocycles. The Balaban J connectivity index is 1.75. The molecule has 0 saturated carbocycles. The van der Waals surface area contributed by atoms with Gasteiger partial charge in [-0.2, -0.15) is 0 Å². The van der Waals surface area contributed by atoms with Crippen LogP contribution in [-0.2, 0) is 12.1 Å². The van der Waals surface area contributed by atoms with Gasteiger partial charge in [0.15, 0.2) is 0 Å². The van der Waals surface area contributed by atoms with E-state index in [0.717, 1.165) is 17.7 Å². The Bertz CT molecular complexity index is 681. The van der Waals surface area contributed by atoms with Gasteiger partial charge in [0.2, 0.25) is 0 Å². The number of fused-ring (bicyclic) bond motifs is 1. The molecule has 0 radical (unpaired) electrons. The van der Waals surface area contributed by atoms with Gasteiger partial charge < -0.3 is 15.2 Å². The molecule has 4 nitrogen and oxygen atoms in total. The van der Waals surface area contributed by atoms with Crippen molar-refractivity contribution in [3.63, 3.8) is 0 Å². The van der Waals surface area contributed by atoms with Crippen molar-refractivity contribution in [1.29, 1.82) is 0 Å². The second-order valence-corrected chi connectivity index (χ2v) is 5.78. The SMILES string of the molecule is CC1(NCc2ccc(C(=O)O)cc2)CCOc2ccccc21. The molecule has 1 unspecified atom stereocenters.